The molecule has 1 rings (SSSR count). The highest BCUT2D eigenvalue weighted by atomic mass is 16.5. The molecule has 0 saturated carbocycles. The van der Waals surface area contributed by atoms with Crippen LogP contribution in [0.4, 0.5) is 0 Å². The van der Waals surface area contributed by atoms with E-state index in [4.69, 9.17) is 4.74 Å². The molecule has 1 aromatic carbocycles. The van der Waals surface area contributed by atoms with Crippen LogP contribution in [0.3, 0.4) is 0 Å². The highest BCUT2D eigenvalue weighted by Crippen LogP contribution is 2.19. The maximum absolute atomic E-state index is 5.11. The van der Waals surface area contributed by atoms with Crippen molar-refractivity contribution >= 4 is 5.57 Å². The Morgan fingerprint density at radius 2 is 1.79 bits per heavy atom. The van der Waals surface area contributed by atoms with Gasteiger partial charge in [0.1, 0.15) is 5.75 Å². The fourth-order valence-corrected chi connectivity index (χ4v) is 1.32. The molecule has 0 aliphatic rings. The average Bonchev–Trinajstić information content (AvgIpc) is 2.26. The lowest BCUT2D eigenvalue weighted by Gasteiger charge is -2.03. The van der Waals surface area contributed by atoms with Crippen molar-refractivity contribution in [2.75, 3.05) is 7.11 Å². The molecule has 0 atom stereocenters. The third kappa shape index (κ3) is 2.49. The van der Waals surface area contributed by atoms with E-state index >= 15 is 0 Å². The van der Waals surface area contributed by atoms with E-state index < -0.39 is 0 Å². The van der Waals surface area contributed by atoms with Crippen molar-refractivity contribution in [1.82, 2.24) is 0 Å². The summed E-state index contributed by atoms with van der Waals surface area (Å²) in [7, 11) is 1.68. The molecule has 0 heterocycles. The van der Waals surface area contributed by atoms with Gasteiger partial charge in [-0.2, -0.15) is 0 Å². The van der Waals surface area contributed by atoms with Crippen LogP contribution in [0, 0.1) is 0 Å². The van der Waals surface area contributed by atoms with E-state index in [1.54, 1.807) is 7.11 Å². The van der Waals surface area contributed by atoms with Crippen molar-refractivity contribution in [3.8, 4) is 5.75 Å². The Balaban J connectivity index is 2.96. The zero-order valence-corrected chi connectivity index (χ0v) is 8.95. The molecule has 0 radical (unpaired) electrons. The second kappa shape index (κ2) is 5.28. The molecule has 0 amide bonds. The number of allylic oxidation sites excluding steroid dienone is 4. The fraction of sp³-hybridized carbons (Fsp3) is 0.231. The van der Waals surface area contributed by atoms with Crippen LogP contribution in [-0.2, 0) is 0 Å². The Labute approximate surface area is 85.7 Å². The first-order valence-corrected chi connectivity index (χ1v) is 4.75. The first kappa shape index (κ1) is 10.6. The predicted molar refractivity (Wildman–Crippen MR) is 61.5 cm³/mol. The Bertz CT molecular complexity index is 331. The SMILES string of the molecule is C/C=C\C(=C/C)c1ccc(OC)cc1. The van der Waals surface area contributed by atoms with Crippen LogP contribution < -0.4 is 4.74 Å². The van der Waals surface area contributed by atoms with E-state index in [2.05, 4.69) is 24.3 Å². The van der Waals surface area contributed by atoms with Crippen LogP contribution in [0.25, 0.3) is 5.57 Å². The molecule has 0 fully saturated rings. The number of methoxy groups -OCH3 is 1. The predicted octanol–water partition coefficient (Wildman–Crippen LogP) is 3.67. The molecule has 0 spiro atoms. The molecule has 1 nitrogen and oxygen atoms in total. The summed E-state index contributed by atoms with van der Waals surface area (Å²) in [5.74, 6) is 0.893. The van der Waals surface area contributed by atoms with Gasteiger partial charge in [0.2, 0.25) is 0 Å². The van der Waals surface area contributed by atoms with Crippen LogP contribution in [0.2, 0.25) is 0 Å². The lowest BCUT2D eigenvalue weighted by molar-refractivity contribution is 0.415. The summed E-state index contributed by atoms with van der Waals surface area (Å²) >= 11 is 0. The van der Waals surface area contributed by atoms with E-state index in [1.807, 2.05) is 32.1 Å². The fourth-order valence-electron chi connectivity index (χ4n) is 1.32. The lowest BCUT2D eigenvalue weighted by Crippen LogP contribution is -1.84. The Hall–Kier alpha value is -1.50. The smallest absolute Gasteiger partial charge is 0.118 e. The van der Waals surface area contributed by atoms with E-state index in [-0.39, 0.29) is 0 Å². The van der Waals surface area contributed by atoms with E-state index in [9.17, 15) is 0 Å². The molecule has 0 aliphatic heterocycles. The second-order valence-electron chi connectivity index (χ2n) is 2.97. The van der Waals surface area contributed by atoms with Crippen molar-refractivity contribution in [2.24, 2.45) is 0 Å². The molecular weight excluding hydrogens is 172 g/mol. The monoisotopic (exact) mass is 188 g/mol. The van der Waals surface area contributed by atoms with Gasteiger partial charge in [-0.15, -0.1) is 0 Å². The molecule has 0 bridgehead atoms. The molecule has 74 valence electrons. The summed E-state index contributed by atoms with van der Waals surface area (Å²) in [4.78, 5) is 0. The van der Waals surface area contributed by atoms with Gasteiger partial charge in [0.25, 0.3) is 0 Å². The minimum absolute atomic E-state index is 0.893. The van der Waals surface area contributed by atoms with Crippen molar-refractivity contribution in [3.63, 3.8) is 0 Å². The molecule has 1 heteroatoms. The molecule has 14 heavy (non-hydrogen) atoms. The maximum atomic E-state index is 5.11. The number of benzene rings is 1. The largest absolute Gasteiger partial charge is 0.497 e. The summed E-state index contributed by atoms with van der Waals surface area (Å²) in [6.07, 6.45) is 6.24. The normalized spacial score (nSPS) is 12.1. The topological polar surface area (TPSA) is 9.23 Å². The zero-order valence-electron chi connectivity index (χ0n) is 8.95. The van der Waals surface area contributed by atoms with E-state index in [0.717, 1.165) is 5.75 Å². The molecule has 1 aromatic rings. The maximum Gasteiger partial charge on any atom is 0.118 e. The molecule has 0 unspecified atom stereocenters. The highest BCUT2D eigenvalue weighted by Gasteiger charge is 1.96. The Morgan fingerprint density at radius 3 is 2.21 bits per heavy atom. The van der Waals surface area contributed by atoms with Gasteiger partial charge in [0.15, 0.2) is 0 Å². The molecule has 0 N–H and O–H groups in total. The van der Waals surface area contributed by atoms with Crippen molar-refractivity contribution in [1.29, 1.82) is 0 Å². The van der Waals surface area contributed by atoms with Gasteiger partial charge >= 0.3 is 0 Å². The number of rotatable bonds is 3. The second-order valence-corrected chi connectivity index (χ2v) is 2.97. The standard InChI is InChI=1S/C13H16O/c1-4-6-11(5-2)12-7-9-13(14-3)10-8-12/h4-10H,1-3H3/b6-4-,11-5+. The van der Waals surface area contributed by atoms with Gasteiger partial charge < -0.3 is 4.74 Å². The lowest BCUT2D eigenvalue weighted by atomic mass is 10.1. The third-order valence-electron chi connectivity index (χ3n) is 2.08. The minimum atomic E-state index is 0.893. The van der Waals surface area contributed by atoms with Crippen LogP contribution >= 0.6 is 0 Å². The van der Waals surface area contributed by atoms with Crippen LogP contribution in [0.15, 0.2) is 42.5 Å². The first-order valence-electron chi connectivity index (χ1n) is 4.75. The van der Waals surface area contributed by atoms with Gasteiger partial charge in [-0.25, -0.2) is 0 Å². The highest BCUT2D eigenvalue weighted by molar-refractivity contribution is 5.73. The first-order chi connectivity index (χ1) is 6.81. The molecular formula is C13H16O. The van der Waals surface area contributed by atoms with Gasteiger partial charge in [-0.1, -0.05) is 30.4 Å². The van der Waals surface area contributed by atoms with Crippen LogP contribution in [-0.4, -0.2) is 7.11 Å². The molecule has 0 aliphatic carbocycles. The van der Waals surface area contributed by atoms with Crippen molar-refractivity contribution in [2.45, 2.75) is 13.8 Å². The quantitative estimate of drug-likeness (QED) is 0.657. The van der Waals surface area contributed by atoms with Crippen LogP contribution in [0.5, 0.6) is 5.75 Å². The summed E-state index contributed by atoms with van der Waals surface area (Å²) < 4.78 is 5.11. The summed E-state index contributed by atoms with van der Waals surface area (Å²) in [5.41, 5.74) is 2.45. The summed E-state index contributed by atoms with van der Waals surface area (Å²) in [5, 5.41) is 0. The Kier molecular flexibility index (Phi) is 3.99. The average molecular weight is 188 g/mol. The summed E-state index contributed by atoms with van der Waals surface area (Å²) in [6, 6.07) is 8.08. The van der Waals surface area contributed by atoms with Gasteiger partial charge in [0, 0.05) is 0 Å². The van der Waals surface area contributed by atoms with Gasteiger partial charge in [-0.3, -0.25) is 0 Å². The number of hydrogen-bond donors (Lipinski definition) is 0. The van der Waals surface area contributed by atoms with E-state index in [1.165, 1.54) is 11.1 Å². The molecule has 0 aromatic heterocycles. The van der Waals surface area contributed by atoms with Gasteiger partial charge in [-0.05, 0) is 37.1 Å². The van der Waals surface area contributed by atoms with Crippen molar-refractivity contribution in [3.05, 3.63) is 48.1 Å². The Morgan fingerprint density at radius 1 is 1.14 bits per heavy atom. The molecule has 0 saturated heterocycles. The van der Waals surface area contributed by atoms with Crippen LogP contribution in [0.1, 0.15) is 19.4 Å². The third-order valence-corrected chi connectivity index (χ3v) is 2.08. The zero-order chi connectivity index (χ0) is 10.4. The summed E-state index contributed by atoms with van der Waals surface area (Å²) in [6.45, 7) is 4.06. The van der Waals surface area contributed by atoms with Crippen molar-refractivity contribution < 1.29 is 4.74 Å². The minimum Gasteiger partial charge on any atom is -0.497 e. The van der Waals surface area contributed by atoms with E-state index in [0.29, 0.717) is 0 Å². The number of hydrogen-bond acceptors (Lipinski definition) is 1. The van der Waals surface area contributed by atoms with Gasteiger partial charge in [0.05, 0.1) is 7.11 Å². The number of ether oxygens (including phenoxy) is 1.